The Labute approximate surface area is 120 Å². The number of aryl methyl sites for hydroxylation is 1. The summed E-state index contributed by atoms with van der Waals surface area (Å²) in [6.07, 6.45) is 3.95. The minimum absolute atomic E-state index is 0.109. The average molecular weight is 276 g/mol. The van der Waals surface area contributed by atoms with Gasteiger partial charge in [-0.3, -0.25) is 14.7 Å². The molecule has 0 aliphatic carbocycles. The highest BCUT2D eigenvalue weighted by Crippen LogP contribution is 2.11. The largest absolute Gasteiger partial charge is 0.336 e. The zero-order chi connectivity index (χ0) is 14.4. The number of carbonyl (C=O) groups is 1. The summed E-state index contributed by atoms with van der Waals surface area (Å²) < 4.78 is 0. The highest BCUT2D eigenvalue weighted by molar-refractivity contribution is 5.95. The summed E-state index contributed by atoms with van der Waals surface area (Å²) in [5.74, 6) is 0.109. The highest BCUT2D eigenvalue weighted by atomic mass is 16.2. The van der Waals surface area contributed by atoms with Crippen molar-refractivity contribution in [1.82, 2.24) is 14.8 Å². The smallest absolute Gasteiger partial charge is 0.255 e. The van der Waals surface area contributed by atoms with Crippen LogP contribution in [0.4, 0.5) is 0 Å². The van der Waals surface area contributed by atoms with Crippen LogP contribution in [0.3, 0.4) is 0 Å². The van der Waals surface area contributed by atoms with Gasteiger partial charge in [-0.05, 0) is 45.0 Å². The molecule has 0 unspecified atom stereocenters. The number of rotatable bonds is 5. The molecule has 1 aromatic rings. The van der Waals surface area contributed by atoms with Crippen molar-refractivity contribution >= 4 is 5.91 Å². The Morgan fingerprint density at radius 1 is 1.30 bits per heavy atom. The number of hydrogen-bond acceptors (Lipinski definition) is 4. The molecule has 1 fully saturated rings. The van der Waals surface area contributed by atoms with Crippen molar-refractivity contribution in [3.8, 4) is 0 Å². The zero-order valence-corrected chi connectivity index (χ0v) is 12.2. The number of nitrogens with two attached hydrogens (primary N) is 1. The molecule has 5 heteroatoms. The van der Waals surface area contributed by atoms with Crippen molar-refractivity contribution in [1.29, 1.82) is 0 Å². The predicted molar refractivity (Wildman–Crippen MR) is 79.6 cm³/mol. The second-order valence-electron chi connectivity index (χ2n) is 5.27. The number of piperazine rings is 1. The molecule has 1 aliphatic heterocycles. The number of amides is 1. The Kier molecular flexibility index (Phi) is 5.49. The summed E-state index contributed by atoms with van der Waals surface area (Å²) in [5.41, 5.74) is 7.04. The first kappa shape index (κ1) is 14.9. The van der Waals surface area contributed by atoms with Gasteiger partial charge >= 0.3 is 0 Å². The lowest BCUT2D eigenvalue weighted by Crippen LogP contribution is -2.49. The number of pyridine rings is 1. The van der Waals surface area contributed by atoms with Crippen LogP contribution in [0.15, 0.2) is 18.3 Å². The molecule has 0 radical (unpaired) electrons. The molecule has 2 N–H and O–H groups in total. The van der Waals surface area contributed by atoms with E-state index in [2.05, 4.69) is 9.88 Å². The SMILES string of the molecule is Cc1ncccc1C(=O)N1CCN(CCCCN)CC1. The summed E-state index contributed by atoms with van der Waals surface area (Å²) in [7, 11) is 0. The lowest BCUT2D eigenvalue weighted by molar-refractivity contribution is 0.0634. The summed E-state index contributed by atoms with van der Waals surface area (Å²) in [6.45, 7) is 7.25. The Morgan fingerprint density at radius 2 is 2.05 bits per heavy atom. The van der Waals surface area contributed by atoms with Crippen molar-refractivity contribution in [3.63, 3.8) is 0 Å². The molecule has 2 heterocycles. The normalized spacial score (nSPS) is 16.4. The number of nitrogens with zero attached hydrogens (tertiary/aromatic N) is 3. The van der Waals surface area contributed by atoms with Gasteiger partial charge in [-0.1, -0.05) is 0 Å². The van der Waals surface area contributed by atoms with Crippen molar-refractivity contribution < 1.29 is 4.79 Å². The molecule has 110 valence electrons. The molecule has 1 amide bonds. The van der Waals surface area contributed by atoms with Gasteiger partial charge in [-0.15, -0.1) is 0 Å². The lowest BCUT2D eigenvalue weighted by Gasteiger charge is -2.34. The second kappa shape index (κ2) is 7.36. The van der Waals surface area contributed by atoms with Gasteiger partial charge in [0, 0.05) is 38.1 Å². The van der Waals surface area contributed by atoms with Crippen LogP contribution >= 0.6 is 0 Å². The van der Waals surface area contributed by atoms with Crippen LogP contribution in [0.25, 0.3) is 0 Å². The molecule has 0 bridgehead atoms. The topological polar surface area (TPSA) is 62.5 Å². The van der Waals surface area contributed by atoms with E-state index in [1.165, 1.54) is 0 Å². The van der Waals surface area contributed by atoms with E-state index in [9.17, 15) is 4.79 Å². The van der Waals surface area contributed by atoms with E-state index in [1.54, 1.807) is 6.20 Å². The molecule has 2 rings (SSSR count). The molecule has 1 aliphatic rings. The van der Waals surface area contributed by atoms with Gasteiger partial charge in [-0.2, -0.15) is 0 Å². The van der Waals surface area contributed by atoms with Crippen LogP contribution in [-0.4, -0.2) is 60.0 Å². The Hall–Kier alpha value is -1.46. The third kappa shape index (κ3) is 3.77. The fourth-order valence-corrected chi connectivity index (χ4v) is 2.53. The first-order chi connectivity index (χ1) is 9.72. The summed E-state index contributed by atoms with van der Waals surface area (Å²) in [6, 6.07) is 3.68. The number of carbonyl (C=O) groups excluding carboxylic acids is 1. The minimum Gasteiger partial charge on any atom is -0.336 e. The van der Waals surface area contributed by atoms with E-state index in [1.807, 2.05) is 24.0 Å². The molecule has 20 heavy (non-hydrogen) atoms. The number of hydrogen-bond donors (Lipinski definition) is 1. The van der Waals surface area contributed by atoms with Gasteiger partial charge in [-0.25, -0.2) is 0 Å². The molecule has 0 atom stereocenters. The quantitative estimate of drug-likeness (QED) is 0.811. The fourth-order valence-electron chi connectivity index (χ4n) is 2.53. The third-order valence-electron chi connectivity index (χ3n) is 3.83. The summed E-state index contributed by atoms with van der Waals surface area (Å²) in [4.78, 5) is 21.0. The van der Waals surface area contributed by atoms with Crippen molar-refractivity contribution in [3.05, 3.63) is 29.6 Å². The van der Waals surface area contributed by atoms with E-state index in [0.29, 0.717) is 0 Å². The molecule has 0 saturated carbocycles. The predicted octanol–water partition coefficient (Wildman–Crippen LogP) is 0.887. The second-order valence-corrected chi connectivity index (χ2v) is 5.27. The monoisotopic (exact) mass is 276 g/mol. The van der Waals surface area contributed by atoms with E-state index < -0.39 is 0 Å². The van der Waals surface area contributed by atoms with Crippen LogP contribution in [0.5, 0.6) is 0 Å². The maximum Gasteiger partial charge on any atom is 0.255 e. The van der Waals surface area contributed by atoms with Gasteiger partial charge in [0.2, 0.25) is 0 Å². The van der Waals surface area contributed by atoms with Crippen molar-refractivity contribution in [2.45, 2.75) is 19.8 Å². The lowest BCUT2D eigenvalue weighted by atomic mass is 10.1. The zero-order valence-electron chi connectivity index (χ0n) is 12.2. The first-order valence-corrected chi connectivity index (χ1v) is 7.35. The van der Waals surface area contributed by atoms with Crippen molar-refractivity contribution in [2.24, 2.45) is 5.73 Å². The molecule has 1 saturated heterocycles. The Balaban J connectivity index is 1.85. The average Bonchev–Trinajstić information content (AvgIpc) is 2.48. The van der Waals surface area contributed by atoms with Crippen LogP contribution in [-0.2, 0) is 0 Å². The van der Waals surface area contributed by atoms with Crippen LogP contribution in [0.2, 0.25) is 0 Å². The molecule has 0 aromatic carbocycles. The van der Waals surface area contributed by atoms with E-state index in [4.69, 9.17) is 5.73 Å². The number of unbranched alkanes of at least 4 members (excludes halogenated alkanes) is 1. The molecular formula is C15H24N4O. The third-order valence-corrected chi connectivity index (χ3v) is 3.83. The van der Waals surface area contributed by atoms with E-state index >= 15 is 0 Å². The Bertz CT molecular complexity index is 441. The maximum absolute atomic E-state index is 12.4. The summed E-state index contributed by atoms with van der Waals surface area (Å²) >= 11 is 0. The maximum atomic E-state index is 12.4. The van der Waals surface area contributed by atoms with Gasteiger partial charge in [0.15, 0.2) is 0 Å². The summed E-state index contributed by atoms with van der Waals surface area (Å²) in [5, 5.41) is 0. The minimum atomic E-state index is 0.109. The first-order valence-electron chi connectivity index (χ1n) is 7.35. The van der Waals surface area contributed by atoms with Crippen LogP contribution < -0.4 is 5.73 Å². The Morgan fingerprint density at radius 3 is 2.70 bits per heavy atom. The van der Waals surface area contributed by atoms with Crippen molar-refractivity contribution in [2.75, 3.05) is 39.3 Å². The molecule has 1 aromatic heterocycles. The van der Waals surface area contributed by atoms with Crippen LogP contribution in [0.1, 0.15) is 28.9 Å². The molecule has 5 nitrogen and oxygen atoms in total. The standard InChI is InChI=1S/C15H24N4O/c1-13-14(5-4-7-17-13)15(20)19-11-9-18(10-12-19)8-3-2-6-16/h4-5,7H,2-3,6,8-12,16H2,1H3. The van der Waals surface area contributed by atoms with E-state index in [-0.39, 0.29) is 5.91 Å². The van der Waals surface area contributed by atoms with Gasteiger partial charge in [0.05, 0.1) is 5.56 Å². The molecular weight excluding hydrogens is 252 g/mol. The number of aromatic nitrogens is 1. The highest BCUT2D eigenvalue weighted by Gasteiger charge is 2.22. The van der Waals surface area contributed by atoms with Gasteiger partial charge < -0.3 is 10.6 Å². The van der Waals surface area contributed by atoms with Gasteiger partial charge in [0.1, 0.15) is 0 Å². The fraction of sp³-hybridized carbons (Fsp3) is 0.600. The van der Waals surface area contributed by atoms with Gasteiger partial charge in [0.25, 0.3) is 5.91 Å². The van der Waals surface area contributed by atoms with Crippen LogP contribution in [0, 0.1) is 6.92 Å². The molecule has 0 spiro atoms. The van der Waals surface area contributed by atoms with E-state index in [0.717, 1.165) is 63.4 Å².